The van der Waals surface area contributed by atoms with Gasteiger partial charge in [-0.25, -0.2) is 50.2 Å². The standard InChI is InChI=1S/C19H21F4N7O2S/c1-11-12(6-27-33(2,31)32)8-29(9-19(11,22)23)17-5-14(25-10-26-17)15-7-24-16-4-3-13(18(20)21)28-30(15)16/h3-5,7,10-12,18,27H,6,8-9H2,1-2H3. The number of sulfonamides is 1. The molecule has 0 aromatic carbocycles. The molecule has 4 heterocycles. The highest BCUT2D eigenvalue weighted by molar-refractivity contribution is 7.88. The van der Waals surface area contributed by atoms with Crippen LogP contribution in [-0.2, 0) is 10.0 Å². The molecule has 3 aromatic rings. The van der Waals surface area contributed by atoms with E-state index in [1.54, 1.807) is 0 Å². The third kappa shape index (κ3) is 4.90. The van der Waals surface area contributed by atoms with E-state index in [0.717, 1.165) is 6.26 Å². The smallest absolute Gasteiger partial charge is 0.282 e. The Kier molecular flexibility index (Phi) is 5.99. The minimum atomic E-state index is -3.54. The lowest BCUT2D eigenvalue weighted by atomic mass is 9.84. The summed E-state index contributed by atoms with van der Waals surface area (Å²) in [7, 11) is -3.54. The van der Waals surface area contributed by atoms with Gasteiger partial charge in [0.05, 0.1) is 24.7 Å². The summed E-state index contributed by atoms with van der Waals surface area (Å²) < 4.78 is 82.1. The maximum atomic E-state index is 14.7. The van der Waals surface area contributed by atoms with Gasteiger partial charge >= 0.3 is 0 Å². The van der Waals surface area contributed by atoms with Crippen LogP contribution in [-0.4, -0.2) is 64.8 Å². The molecule has 0 spiro atoms. The molecule has 1 aliphatic rings. The number of imidazole rings is 1. The zero-order valence-corrected chi connectivity index (χ0v) is 18.5. The molecule has 33 heavy (non-hydrogen) atoms. The van der Waals surface area contributed by atoms with Crippen LogP contribution in [0, 0.1) is 11.8 Å². The minimum absolute atomic E-state index is 0.136. The summed E-state index contributed by atoms with van der Waals surface area (Å²) in [6.45, 7) is 0.775. The van der Waals surface area contributed by atoms with Crippen LogP contribution in [0.2, 0.25) is 0 Å². The van der Waals surface area contributed by atoms with Gasteiger partial charge in [0.25, 0.3) is 12.3 Å². The molecule has 0 saturated carbocycles. The molecule has 1 fully saturated rings. The molecule has 3 aromatic heterocycles. The van der Waals surface area contributed by atoms with E-state index in [2.05, 4.69) is 24.8 Å². The molecule has 14 heteroatoms. The molecule has 0 bridgehead atoms. The fourth-order valence-corrected chi connectivity index (χ4v) is 4.28. The Morgan fingerprint density at radius 3 is 2.70 bits per heavy atom. The zero-order chi connectivity index (χ0) is 24.0. The van der Waals surface area contributed by atoms with Crippen molar-refractivity contribution in [2.45, 2.75) is 19.3 Å². The van der Waals surface area contributed by atoms with Crippen LogP contribution >= 0.6 is 0 Å². The van der Waals surface area contributed by atoms with Crippen molar-refractivity contribution in [1.29, 1.82) is 0 Å². The fraction of sp³-hybridized carbons (Fsp3) is 0.474. The van der Waals surface area contributed by atoms with Crippen molar-refractivity contribution < 1.29 is 26.0 Å². The van der Waals surface area contributed by atoms with Crippen molar-refractivity contribution in [3.05, 3.63) is 36.4 Å². The number of nitrogens with one attached hydrogen (secondary N) is 1. The van der Waals surface area contributed by atoms with Gasteiger partial charge in [0.15, 0.2) is 5.65 Å². The molecule has 4 rings (SSSR count). The second-order valence-electron chi connectivity index (χ2n) is 8.04. The molecule has 2 unspecified atom stereocenters. The quantitative estimate of drug-likeness (QED) is 0.532. The Balaban J connectivity index is 1.66. The van der Waals surface area contributed by atoms with E-state index in [1.807, 2.05) is 0 Å². The third-order valence-corrected chi connectivity index (χ3v) is 6.37. The van der Waals surface area contributed by atoms with Gasteiger partial charge in [-0.05, 0) is 18.1 Å². The maximum Gasteiger partial charge on any atom is 0.282 e. The number of aromatic nitrogens is 5. The summed E-state index contributed by atoms with van der Waals surface area (Å²) in [5.41, 5.74) is 0.435. The molecule has 0 radical (unpaired) electrons. The maximum absolute atomic E-state index is 14.7. The number of hydrogen-bond acceptors (Lipinski definition) is 7. The zero-order valence-electron chi connectivity index (χ0n) is 17.7. The van der Waals surface area contributed by atoms with E-state index < -0.39 is 46.4 Å². The van der Waals surface area contributed by atoms with Crippen LogP contribution < -0.4 is 9.62 Å². The summed E-state index contributed by atoms with van der Waals surface area (Å²) in [6, 6.07) is 4.02. The summed E-state index contributed by atoms with van der Waals surface area (Å²) >= 11 is 0. The minimum Gasteiger partial charge on any atom is -0.350 e. The molecule has 0 amide bonds. The van der Waals surface area contributed by atoms with E-state index >= 15 is 0 Å². The van der Waals surface area contributed by atoms with Crippen LogP contribution in [0.3, 0.4) is 0 Å². The second-order valence-corrected chi connectivity index (χ2v) is 9.88. The van der Waals surface area contributed by atoms with Gasteiger partial charge in [-0.2, -0.15) is 5.10 Å². The SMILES string of the molecule is CC1C(CNS(C)(=O)=O)CN(c2cc(-c3cnc4ccc(C(F)F)nn34)ncn2)CC1(F)F. The Bertz CT molecular complexity index is 1270. The van der Waals surface area contributed by atoms with E-state index in [1.165, 1.54) is 47.1 Å². The van der Waals surface area contributed by atoms with Gasteiger partial charge in [0.2, 0.25) is 10.0 Å². The van der Waals surface area contributed by atoms with Crippen molar-refractivity contribution in [2.24, 2.45) is 11.8 Å². The highest BCUT2D eigenvalue weighted by Gasteiger charge is 2.47. The highest BCUT2D eigenvalue weighted by atomic mass is 32.2. The Hall–Kier alpha value is -2.87. The largest absolute Gasteiger partial charge is 0.350 e. The number of piperidine rings is 1. The lowest BCUT2D eigenvalue weighted by Gasteiger charge is -2.42. The highest BCUT2D eigenvalue weighted by Crippen LogP contribution is 2.38. The van der Waals surface area contributed by atoms with Gasteiger partial charge in [0.1, 0.15) is 23.5 Å². The molecule has 9 nitrogen and oxygen atoms in total. The second kappa shape index (κ2) is 8.48. The molecule has 0 aliphatic carbocycles. The van der Waals surface area contributed by atoms with Gasteiger partial charge in [0, 0.05) is 25.1 Å². The average Bonchev–Trinajstić information content (AvgIpc) is 3.17. The number of anilines is 1. The van der Waals surface area contributed by atoms with Crippen LogP contribution in [0.5, 0.6) is 0 Å². The van der Waals surface area contributed by atoms with Crippen molar-refractivity contribution in [1.82, 2.24) is 29.3 Å². The number of alkyl halides is 4. The first-order valence-electron chi connectivity index (χ1n) is 9.97. The average molecular weight is 487 g/mol. The molecule has 1 N–H and O–H groups in total. The number of rotatable bonds is 6. The Morgan fingerprint density at radius 1 is 1.24 bits per heavy atom. The normalized spacial score (nSPS) is 21.1. The summed E-state index contributed by atoms with van der Waals surface area (Å²) in [5.74, 6) is -4.63. The number of fused-ring (bicyclic) bond motifs is 1. The number of halogens is 4. The lowest BCUT2D eigenvalue weighted by molar-refractivity contribution is -0.0785. The Morgan fingerprint density at radius 2 is 2.00 bits per heavy atom. The molecule has 1 aliphatic heterocycles. The fourth-order valence-electron chi connectivity index (χ4n) is 3.76. The van der Waals surface area contributed by atoms with Gasteiger partial charge in [-0.1, -0.05) is 6.92 Å². The topological polar surface area (TPSA) is 105 Å². The summed E-state index contributed by atoms with van der Waals surface area (Å²) in [4.78, 5) is 13.7. The predicted octanol–water partition coefficient (Wildman–Crippen LogP) is 2.38. The van der Waals surface area contributed by atoms with Gasteiger partial charge in [-0.15, -0.1) is 0 Å². The van der Waals surface area contributed by atoms with E-state index in [0.29, 0.717) is 11.3 Å². The lowest BCUT2D eigenvalue weighted by Crippen LogP contribution is -2.55. The van der Waals surface area contributed by atoms with Crippen molar-refractivity contribution in [2.75, 3.05) is 30.8 Å². The molecular formula is C19H21F4N7O2S. The van der Waals surface area contributed by atoms with Gasteiger partial charge < -0.3 is 4.90 Å². The van der Waals surface area contributed by atoms with E-state index in [4.69, 9.17) is 0 Å². The number of hydrogen-bond donors (Lipinski definition) is 1. The van der Waals surface area contributed by atoms with Crippen LogP contribution in [0.25, 0.3) is 17.0 Å². The first-order valence-corrected chi connectivity index (χ1v) is 11.9. The summed E-state index contributed by atoms with van der Waals surface area (Å²) in [6.07, 6.45) is 0.771. The molecular weight excluding hydrogens is 466 g/mol. The van der Waals surface area contributed by atoms with E-state index in [-0.39, 0.29) is 24.6 Å². The predicted molar refractivity (Wildman–Crippen MR) is 112 cm³/mol. The summed E-state index contributed by atoms with van der Waals surface area (Å²) in [5, 5.41) is 3.89. The van der Waals surface area contributed by atoms with Crippen LogP contribution in [0.15, 0.2) is 30.7 Å². The van der Waals surface area contributed by atoms with Crippen molar-refractivity contribution in [3.63, 3.8) is 0 Å². The monoisotopic (exact) mass is 487 g/mol. The first kappa shape index (κ1) is 23.3. The van der Waals surface area contributed by atoms with Crippen molar-refractivity contribution >= 4 is 21.5 Å². The Labute approximate surface area is 186 Å². The molecule has 2 atom stereocenters. The third-order valence-electron chi connectivity index (χ3n) is 5.68. The number of nitrogens with zero attached hydrogens (tertiary/aromatic N) is 6. The first-order chi connectivity index (χ1) is 15.4. The molecule has 178 valence electrons. The van der Waals surface area contributed by atoms with Crippen LogP contribution in [0.4, 0.5) is 23.4 Å². The van der Waals surface area contributed by atoms with E-state index in [9.17, 15) is 26.0 Å². The van der Waals surface area contributed by atoms with Gasteiger partial charge in [-0.3, -0.25) is 0 Å². The van der Waals surface area contributed by atoms with Crippen molar-refractivity contribution in [3.8, 4) is 11.4 Å². The van der Waals surface area contributed by atoms with Crippen LogP contribution in [0.1, 0.15) is 19.0 Å². The molecule has 1 saturated heterocycles.